The lowest BCUT2D eigenvalue weighted by Crippen LogP contribution is -2.36. The standard InChI is InChI=1S/C12H13ClN2O3/c1-7-3-4-8(5-9(7)13)15-6-10(11(16)17)14(2)12(15)18/h3-5,10H,6H2,1-2H3,(H,16,17). The minimum absolute atomic E-state index is 0.129. The molecule has 1 N–H and O–H groups in total. The zero-order valence-corrected chi connectivity index (χ0v) is 10.8. The van der Waals surface area contributed by atoms with E-state index in [1.807, 2.05) is 6.92 Å². The van der Waals surface area contributed by atoms with Crippen LogP contribution in [0.15, 0.2) is 18.2 Å². The van der Waals surface area contributed by atoms with Gasteiger partial charge >= 0.3 is 12.0 Å². The molecule has 0 aromatic heterocycles. The topological polar surface area (TPSA) is 60.9 Å². The van der Waals surface area contributed by atoms with Crippen molar-refractivity contribution in [2.24, 2.45) is 0 Å². The van der Waals surface area contributed by atoms with Gasteiger partial charge in [-0.05, 0) is 24.6 Å². The summed E-state index contributed by atoms with van der Waals surface area (Å²) < 4.78 is 0. The van der Waals surface area contributed by atoms with E-state index in [-0.39, 0.29) is 12.6 Å². The minimum Gasteiger partial charge on any atom is -0.480 e. The lowest BCUT2D eigenvalue weighted by molar-refractivity contribution is -0.140. The van der Waals surface area contributed by atoms with Gasteiger partial charge in [0.1, 0.15) is 6.04 Å². The molecule has 6 heteroatoms. The van der Waals surface area contributed by atoms with Gasteiger partial charge in [-0.3, -0.25) is 4.90 Å². The molecule has 2 amide bonds. The molecule has 0 radical (unpaired) electrons. The Morgan fingerprint density at radius 2 is 2.17 bits per heavy atom. The summed E-state index contributed by atoms with van der Waals surface area (Å²) in [7, 11) is 1.48. The second kappa shape index (κ2) is 4.49. The van der Waals surface area contributed by atoms with Crippen LogP contribution in [-0.2, 0) is 4.79 Å². The first-order valence-electron chi connectivity index (χ1n) is 5.45. The van der Waals surface area contributed by atoms with Crippen LogP contribution in [0.1, 0.15) is 5.56 Å². The monoisotopic (exact) mass is 268 g/mol. The first-order chi connectivity index (χ1) is 8.41. The van der Waals surface area contributed by atoms with Crippen molar-refractivity contribution in [1.82, 2.24) is 4.90 Å². The summed E-state index contributed by atoms with van der Waals surface area (Å²) in [6.07, 6.45) is 0. The van der Waals surface area contributed by atoms with E-state index in [4.69, 9.17) is 16.7 Å². The number of carbonyl (C=O) groups is 2. The van der Waals surface area contributed by atoms with E-state index in [1.54, 1.807) is 18.2 Å². The molecule has 0 bridgehead atoms. The molecule has 18 heavy (non-hydrogen) atoms. The predicted octanol–water partition coefficient (Wildman–Crippen LogP) is 1.97. The number of nitrogens with zero attached hydrogens (tertiary/aromatic N) is 2. The Balaban J connectivity index is 2.32. The first kappa shape index (κ1) is 12.7. The smallest absolute Gasteiger partial charge is 0.328 e. The summed E-state index contributed by atoms with van der Waals surface area (Å²) in [5.41, 5.74) is 1.53. The molecule has 0 aliphatic carbocycles. The first-order valence-corrected chi connectivity index (χ1v) is 5.83. The van der Waals surface area contributed by atoms with Crippen LogP contribution in [-0.4, -0.2) is 41.6 Å². The number of aryl methyl sites for hydroxylation is 1. The Morgan fingerprint density at radius 3 is 2.67 bits per heavy atom. The summed E-state index contributed by atoms with van der Waals surface area (Å²) >= 11 is 6.01. The third-order valence-electron chi connectivity index (χ3n) is 3.11. The van der Waals surface area contributed by atoms with Crippen molar-refractivity contribution in [3.63, 3.8) is 0 Å². The Bertz CT molecular complexity index is 518. The van der Waals surface area contributed by atoms with E-state index in [2.05, 4.69) is 0 Å². The van der Waals surface area contributed by atoms with E-state index in [0.717, 1.165) is 5.56 Å². The number of carbonyl (C=O) groups excluding carboxylic acids is 1. The lowest BCUT2D eigenvalue weighted by atomic mass is 10.2. The van der Waals surface area contributed by atoms with Gasteiger partial charge in [-0.1, -0.05) is 17.7 Å². The van der Waals surface area contributed by atoms with Crippen molar-refractivity contribution in [3.05, 3.63) is 28.8 Å². The van der Waals surface area contributed by atoms with Crippen LogP contribution in [0.25, 0.3) is 0 Å². The molecule has 1 atom stereocenters. The third kappa shape index (κ3) is 2.01. The lowest BCUT2D eigenvalue weighted by Gasteiger charge is -2.16. The average molecular weight is 269 g/mol. The molecule has 1 aliphatic rings. The van der Waals surface area contributed by atoms with Crippen LogP contribution in [0.5, 0.6) is 0 Å². The number of anilines is 1. The van der Waals surface area contributed by atoms with E-state index < -0.39 is 12.0 Å². The Morgan fingerprint density at radius 1 is 1.50 bits per heavy atom. The number of carboxylic acid groups (broad SMARTS) is 1. The Kier molecular flexibility index (Phi) is 3.17. The molecular formula is C12H13ClN2O3. The van der Waals surface area contributed by atoms with Crippen LogP contribution in [0.3, 0.4) is 0 Å². The number of likely N-dealkylation sites (N-methyl/N-ethyl adjacent to an activating group) is 1. The number of hydrogen-bond donors (Lipinski definition) is 1. The van der Waals surface area contributed by atoms with Gasteiger partial charge in [0.05, 0.1) is 6.54 Å². The zero-order chi connectivity index (χ0) is 13.4. The Labute approximate surface area is 110 Å². The molecule has 1 aliphatic heterocycles. The van der Waals surface area contributed by atoms with Gasteiger partial charge in [0.15, 0.2) is 0 Å². The van der Waals surface area contributed by atoms with Crippen molar-refractivity contribution >= 4 is 29.3 Å². The second-order valence-electron chi connectivity index (χ2n) is 4.29. The molecule has 0 saturated carbocycles. The van der Waals surface area contributed by atoms with Gasteiger partial charge < -0.3 is 10.0 Å². The van der Waals surface area contributed by atoms with Crippen molar-refractivity contribution in [2.45, 2.75) is 13.0 Å². The molecule has 5 nitrogen and oxygen atoms in total. The number of aliphatic carboxylic acids is 1. The van der Waals surface area contributed by atoms with Gasteiger partial charge in [0.2, 0.25) is 0 Å². The zero-order valence-electron chi connectivity index (χ0n) is 10.1. The SMILES string of the molecule is Cc1ccc(N2CC(C(=O)O)N(C)C2=O)cc1Cl. The molecule has 1 heterocycles. The van der Waals surface area contributed by atoms with Gasteiger partial charge in [-0.25, -0.2) is 9.59 Å². The van der Waals surface area contributed by atoms with E-state index in [1.165, 1.54) is 16.8 Å². The molecule has 2 rings (SSSR count). The molecule has 1 fully saturated rings. The number of urea groups is 1. The van der Waals surface area contributed by atoms with Gasteiger partial charge in [-0.2, -0.15) is 0 Å². The van der Waals surface area contributed by atoms with Crippen molar-refractivity contribution in [3.8, 4) is 0 Å². The largest absolute Gasteiger partial charge is 0.480 e. The van der Waals surface area contributed by atoms with Crippen LogP contribution < -0.4 is 4.90 Å². The summed E-state index contributed by atoms with van der Waals surface area (Å²) in [5, 5.41) is 9.58. The highest BCUT2D eigenvalue weighted by Gasteiger charge is 2.39. The fourth-order valence-electron chi connectivity index (χ4n) is 1.91. The number of rotatable bonds is 2. The molecule has 1 aromatic carbocycles. The summed E-state index contributed by atoms with van der Waals surface area (Å²) in [6.45, 7) is 1.99. The van der Waals surface area contributed by atoms with Crippen LogP contribution in [0.2, 0.25) is 5.02 Å². The summed E-state index contributed by atoms with van der Waals surface area (Å²) in [5.74, 6) is -1.01. The average Bonchev–Trinajstić information content (AvgIpc) is 2.60. The third-order valence-corrected chi connectivity index (χ3v) is 3.52. The summed E-state index contributed by atoms with van der Waals surface area (Å²) in [4.78, 5) is 25.6. The normalized spacial score (nSPS) is 19.5. The Hall–Kier alpha value is -1.75. The highest BCUT2D eigenvalue weighted by atomic mass is 35.5. The van der Waals surface area contributed by atoms with Gasteiger partial charge in [-0.15, -0.1) is 0 Å². The number of halogens is 1. The maximum atomic E-state index is 12.0. The fourth-order valence-corrected chi connectivity index (χ4v) is 2.08. The van der Waals surface area contributed by atoms with Gasteiger partial charge in [0.25, 0.3) is 0 Å². The van der Waals surface area contributed by atoms with E-state index in [9.17, 15) is 9.59 Å². The number of carboxylic acids is 1. The molecule has 0 spiro atoms. The van der Waals surface area contributed by atoms with Crippen molar-refractivity contribution in [2.75, 3.05) is 18.5 Å². The van der Waals surface area contributed by atoms with Crippen LogP contribution in [0.4, 0.5) is 10.5 Å². The van der Waals surface area contributed by atoms with Crippen molar-refractivity contribution in [1.29, 1.82) is 0 Å². The van der Waals surface area contributed by atoms with Crippen LogP contribution in [0, 0.1) is 6.92 Å². The van der Waals surface area contributed by atoms with E-state index >= 15 is 0 Å². The second-order valence-corrected chi connectivity index (χ2v) is 4.70. The van der Waals surface area contributed by atoms with Crippen LogP contribution >= 0.6 is 11.6 Å². The maximum Gasteiger partial charge on any atom is 0.328 e. The maximum absolute atomic E-state index is 12.0. The number of hydrogen-bond acceptors (Lipinski definition) is 2. The predicted molar refractivity (Wildman–Crippen MR) is 68.1 cm³/mol. The quantitative estimate of drug-likeness (QED) is 0.892. The molecular weight excluding hydrogens is 256 g/mol. The van der Waals surface area contributed by atoms with E-state index in [0.29, 0.717) is 10.7 Å². The molecule has 1 aromatic rings. The highest BCUT2D eigenvalue weighted by Crippen LogP contribution is 2.27. The van der Waals surface area contributed by atoms with Crippen molar-refractivity contribution < 1.29 is 14.7 Å². The fraction of sp³-hybridized carbons (Fsp3) is 0.333. The number of amides is 2. The summed E-state index contributed by atoms with van der Waals surface area (Å²) in [6, 6.07) is 4.09. The highest BCUT2D eigenvalue weighted by molar-refractivity contribution is 6.31. The van der Waals surface area contributed by atoms with Gasteiger partial charge in [0, 0.05) is 17.8 Å². The molecule has 96 valence electrons. The number of benzene rings is 1. The molecule has 1 unspecified atom stereocenters. The minimum atomic E-state index is -1.01. The molecule has 1 saturated heterocycles.